The zero-order chi connectivity index (χ0) is 12.3. The maximum absolute atomic E-state index is 9.92. The van der Waals surface area contributed by atoms with E-state index in [1.807, 2.05) is 6.07 Å². The zero-order valence-corrected chi connectivity index (χ0v) is 11.1. The Kier molecular flexibility index (Phi) is 4.30. The highest BCUT2D eigenvalue weighted by atomic mass is 35.5. The van der Waals surface area contributed by atoms with E-state index in [0.29, 0.717) is 10.8 Å². The predicted octanol–water partition coefficient (Wildman–Crippen LogP) is 3.98. The highest BCUT2D eigenvalue weighted by Crippen LogP contribution is 2.31. The molecule has 0 radical (unpaired) electrons. The van der Waals surface area contributed by atoms with Gasteiger partial charge in [0.05, 0.1) is 0 Å². The molecule has 0 saturated carbocycles. The topological polar surface area (TPSA) is 23.5 Å². The summed E-state index contributed by atoms with van der Waals surface area (Å²) in [5.74, 6) is 0.353. The summed E-state index contributed by atoms with van der Waals surface area (Å²) >= 11 is 6.00. The average Bonchev–Trinajstić information content (AvgIpc) is 2.60. The Bertz CT molecular complexity index is 372. The average molecular weight is 254 g/mol. The van der Waals surface area contributed by atoms with Crippen molar-refractivity contribution >= 4 is 11.6 Å². The molecule has 2 rings (SSSR count). The second-order valence-electron chi connectivity index (χ2n) is 4.83. The largest absolute Gasteiger partial charge is 0.508 e. The molecular formula is C14H20ClNO. The monoisotopic (exact) mass is 253 g/mol. The molecule has 1 aliphatic rings. The van der Waals surface area contributed by atoms with Gasteiger partial charge in [-0.3, -0.25) is 4.90 Å². The summed E-state index contributed by atoms with van der Waals surface area (Å²) in [5.41, 5.74) is 0.944. The van der Waals surface area contributed by atoms with Gasteiger partial charge in [0.2, 0.25) is 0 Å². The van der Waals surface area contributed by atoms with Crippen LogP contribution in [0.1, 0.15) is 44.2 Å². The van der Waals surface area contributed by atoms with Crippen molar-refractivity contribution in [3.8, 4) is 5.75 Å². The fourth-order valence-corrected chi connectivity index (χ4v) is 2.72. The van der Waals surface area contributed by atoms with Crippen molar-refractivity contribution in [2.24, 2.45) is 0 Å². The van der Waals surface area contributed by atoms with Crippen molar-refractivity contribution in [2.75, 3.05) is 13.1 Å². The normalized spacial score (nSPS) is 19.9. The molecule has 1 unspecified atom stereocenters. The summed E-state index contributed by atoms with van der Waals surface area (Å²) in [4.78, 5) is 2.44. The standard InChI is InChI=1S/C14H20ClNO/c1-11(16-8-4-2-3-5-9-16)13-10-12(15)6-7-14(13)17/h6-7,10-11,17H,2-5,8-9H2,1H3. The lowest BCUT2D eigenvalue weighted by molar-refractivity contribution is 0.215. The van der Waals surface area contributed by atoms with E-state index in [-0.39, 0.29) is 6.04 Å². The molecule has 0 amide bonds. The van der Waals surface area contributed by atoms with Crippen LogP contribution in [0.5, 0.6) is 5.75 Å². The van der Waals surface area contributed by atoms with Crippen molar-refractivity contribution in [1.29, 1.82) is 0 Å². The van der Waals surface area contributed by atoms with Crippen LogP contribution in [0.3, 0.4) is 0 Å². The van der Waals surface area contributed by atoms with E-state index in [1.165, 1.54) is 25.7 Å². The van der Waals surface area contributed by atoms with Crippen LogP contribution < -0.4 is 0 Å². The van der Waals surface area contributed by atoms with Crippen LogP contribution in [0, 0.1) is 0 Å². The second kappa shape index (κ2) is 5.74. The Morgan fingerprint density at radius 1 is 1.18 bits per heavy atom. The molecule has 1 heterocycles. The summed E-state index contributed by atoms with van der Waals surface area (Å²) in [5, 5.41) is 10.6. The third-order valence-electron chi connectivity index (χ3n) is 3.63. The van der Waals surface area contributed by atoms with Crippen molar-refractivity contribution in [3.63, 3.8) is 0 Å². The van der Waals surface area contributed by atoms with Crippen molar-refractivity contribution in [2.45, 2.75) is 38.6 Å². The van der Waals surface area contributed by atoms with Gasteiger partial charge in [0, 0.05) is 16.6 Å². The maximum Gasteiger partial charge on any atom is 0.120 e. The van der Waals surface area contributed by atoms with Gasteiger partial charge in [0.25, 0.3) is 0 Å². The lowest BCUT2D eigenvalue weighted by Crippen LogP contribution is -2.28. The van der Waals surface area contributed by atoms with Crippen LogP contribution in [-0.4, -0.2) is 23.1 Å². The van der Waals surface area contributed by atoms with Crippen LogP contribution >= 0.6 is 11.6 Å². The summed E-state index contributed by atoms with van der Waals surface area (Å²) in [6, 6.07) is 5.54. The number of hydrogen-bond acceptors (Lipinski definition) is 2. The molecule has 1 saturated heterocycles. The molecule has 1 atom stereocenters. The number of halogens is 1. The minimum Gasteiger partial charge on any atom is -0.508 e. The fraction of sp³-hybridized carbons (Fsp3) is 0.571. The van der Waals surface area contributed by atoms with Crippen molar-refractivity contribution in [3.05, 3.63) is 28.8 Å². The molecule has 0 spiro atoms. The van der Waals surface area contributed by atoms with Crippen LogP contribution in [0.2, 0.25) is 5.02 Å². The molecule has 2 nitrogen and oxygen atoms in total. The highest BCUT2D eigenvalue weighted by Gasteiger charge is 2.19. The molecule has 1 N–H and O–H groups in total. The van der Waals surface area contributed by atoms with E-state index in [0.717, 1.165) is 18.7 Å². The Morgan fingerprint density at radius 2 is 1.82 bits per heavy atom. The summed E-state index contributed by atoms with van der Waals surface area (Å²) in [6.07, 6.45) is 5.16. The third-order valence-corrected chi connectivity index (χ3v) is 3.86. The molecular weight excluding hydrogens is 234 g/mol. The first-order chi connectivity index (χ1) is 8.18. The van der Waals surface area contributed by atoms with Gasteiger partial charge in [0.1, 0.15) is 5.75 Å². The molecule has 94 valence electrons. The molecule has 1 fully saturated rings. The van der Waals surface area contributed by atoms with Gasteiger partial charge in [-0.15, -0.1) is 0 Å². The highest BCUT2D eigenvalue weighted by molar-refractivity contribution is 6.30. The number of likely N-dealkylation sites (tertiary alicyclic amines) is 1. The lowest BCUT2D eigenvalue weighted by atomic mass is 10.1. The quantitative estimate of drug-likeness (QED) is 0.862. The van der Waals surface area contributed by atoms with E-state index in [9.17, 15) is 5.11 Å². The van der Waals surface area contributed by atoms with E-state index in [4.69, 9.17) is 11.6 Å². The SMILES string of the molecule is CC(c1cc(Cl)ccc1O)N1CCCCCC1. The molecule has 0 aliphatic carbocycles. The smallest absolute Gasteiger partial charge is 0.120 e. The van der Waals surface area contributed by atoms with Gasteiger partial charge in [-0.1, -0.05) is 24.4 Å². The first-order valence-corrected chi connectivity index (χ1v) is 6.79. The van der Waals surface area contributed by atoms with E-state index >= 15 is 0 Å². The van der Waals surface area contributed by atoms with Crippen LogP contribution in [-0.2, 0) is 0 Å². The van der Waals surface area contributed by atoms with Gasteiger partial charge < -0.3 is 5.11 Å². The molecule has 3 heteroatoms. The first kappa shape index (κ1) is 12.7. The van der Waals surface area contributed by atoms with Crippen LogP contribution in [0.4, 0.5) is 0 Å². The molecule has 1 aromatic rings. The number of benzene rings is 1. The minimum absolute atomic E-state index is 0.242. The van der Waals surface area contributed by atoms with Gasteiger partial charge >= 0.3 is 0 Å². The number of rotatable bonds is 2. The molecule has 0 bridgehead atoms. The summed E-state index contributed by atoms with van der Waals surface area (Å²) in [7, 11) is 0. The van der Waals surface area contributed by atoms with Crippen LogP contribution in [0.25, 0.3) is 0 Å². The molecule has 17 heavy (non-hydrogen) atoms. The molecule has 1 aromatic carbocycles. The maximum atomic E-state index is 9.92. The van der Waals surface area contributed by atoms with E-state index in [2.05, 4.69) is 11.8 Å². The molecule has 1 aliphatic heterocycles. The molecule has 0 aromatic heterocycles. The van der Waals surface area contributed by atoms with Crippen LogP contribution in [0.15, 0.2) is 18.2 Å². The predicted molar refractivity (Wildman–Crippen MR) is 71.6 cm³/mol. The Morgan fingerprint density at radius 3 is 2.47 bits per heavy atom. The number of hydrogen-bond donors (Lipinski definition) is 1. The van der Waals surface area contributed by atoms with E-state index < -0.39 is 0 Å². The van der Waals surface area contributed by atoms with Gasteiger partial charge in [-0.25, -0.2) is 0 Å². The third kappa shape index (κ3) is 3.14. The van der Waals surface area contributed by atoms with Gasteiger partial charge in [0.15, 0.2) is 0 Å². The number of phenols is 1. The van der Waals surface area contributed by atoms with Gasteiger partial charge in [-0.05, 0) is 51.1 Å². The number of nitrogens with zero attached hydrogens (tertiary/aromatic N) is 1. The second-order valence-corrected chi connectivity index (χ2v) is 5.27. The van der Waals surface area contributed by atoms with E-state index in [1.54, 1.807) is 12.1 Å². The number of phenolic OH excluding ortho intramolecular Hbond substituents is 1. The first-order valence-electron chi connectivity index (χ1n) is 6.41. The number of aromatic hydroxyl groups is 1. The van der Waals surface area contributed by atoms with Gasteiger partial charge in [-0.2, -0.15) is 0 Å². The minimum atomic E-state index is 0.242. The van der Waals surface area contributed by atoms with Crippen molar-refractivity contribution in [1.82, 2.24) is 4.90 Å². The zero-order valence-electron chi connectivity index (χ0n) is 10.3. The Labute approximate surface area is 108 Å². The Hall–Kier alpha value is -0.730. The summed E-state index contributed by atoms with van der Waals surface area (Å²) < 4.78 is 0. The van der Waals surface area contributed by atoms with Crippen molar-refractivity contribution < 1.29 is 5.11 Å². The summed E-state index contributed by atoms with van der Waals surface area (Å²) in [6.45, 7) is 4.39. The Balaban J connectivity index is 2.16. The fourth-order valence-electron chi connectivity index (χ4n) is 2.54. The lowest BCUT2D eigenvalue weighted by Gasteiger charge is -2.28.